The highest BCUT2D eigenvalue weighted by Gasteiger charge is 2.05. The Morgan fingerprint density at radius 2 is 1.90 bits per heavy atom. The van der Waals surface area contributed by atoms with Gasteiger partial charge in [0.15, 0.2) is 4.77 Å². The molecule has 102 valence electrons. The first kappa shape index (κ1) is 13.1. The van der Waals surface area contributed by atoms with Crippen LogP contribution >= 0.6 is 12.2 Å². The number of hydrogen-bond acceptors (Lipinski definition) is 1. The number of aromatic nitrogens is 2. The van der Waals surface area contributed by atoms with Gasteiger partial charge in [0.2, 0.25) is 0 Å². The maximum atomic E-state index is 13.4. The lowest BCUT2D eigenvalue weighted by Gasteiger charge is -2.05. The van der Waals surface area contributed by atoms with E-state index in [2.05, 4.69) is 17.1 Å². The molecule has 0 saturated heterocycles. The fourth-order valence-electron chi connectivity index (χ4n) is 2.43. The first-order valence-electron chi connectivity index (χ1n) is 6.66. The van der Waals surface area contributed by atoms with Crippen molar-refractivity contribution in [3.05, 3.63) is 64.7 Å². The van der Waals surface area contributed by atoms with Crippen LogP contribution < -0.4 is 0 Å². The predicted molar refractivity (Wildman–Crippen MR) is 81.8 cm³/mol. The molecule has 0 aliphatic rings. The van der Waals surface area contributed by atoms with Crippen LogP contribution in [0.3, 0.4) is 0 Å². The van der Waals surface area contributed by atoms with E-state index in [1.54, 1.807) is 6.07 Å². The Hall–Kier alpha value is -1.94. The van der Waals surface area contributed by atoms with Crippen molar-refractivity contribution >= 4 is 23.3 Å². The van der Waals surface area contributed by atoms with Gasteiger partial charge in [0, 0.05) is 6.54 Å². The van der Waals surface area contributed by atoms with Gasteiger partial charge < -0.3 is 9.55 Å². The van der Waals surface area contributed by atoms with Crippen LogP contribution in [0.25, 0.3) is 11.0 Å². The van der Waals surface area contributed by atoms with E-state index in [1.165, 1.54) is 17.7 Å². The Morgan fingerprint density at radius 1 is 1.10 bits per heavy atom. The molecule has 3 aromatic rings. The van der Waals surface area contributed by atoms with E-state index in [-0.39, 0.29) is 5.82 Å². The number of hydrogen-bond donors (Lipinski definition) is 1. The molecule has 0 fully saturated rings. The van der Waals surface area contributed by atoms with Gasteiger partial charge in [-0.1, -0.05) is 30.3 Å². The van der Waals surface area contributed by atoms with Crippen LogP contribution in [-0.4, -0.2) is 9.55 Å². The molecule has 0 spiro atoms. The zero-order chi connectivity index (χ0) is 13.9. The van der Waals surface area contributed by atoms with Gasteiger partial charge in [0.1, 0.15) is 5.82 Å². The number of imidazole rings is 1. The molecule has 0 amide bonds. The van der Waals surface area contributed by atoms with Crippen LogP contribution in [0.5, 0.6) is 0 Å². The number of halogens is 1. The minimum absolute atomic E-state index is 0.233. The summed E-state index contributed by atoms with van der Waals surface area (Å²) in [5, 5.41) is 0. The zero-order valence-electron chi connectivity index (χ0n) is 11.0. The lowest BCUT2D eigenvalue weighted by molar-refractivity contribution is 0.623. The van der Waals surface area contributed by atoms with E-state index in [0.29, 0.717) is 4.77 Å². The van der Waals surface area contributed by atoms with Gasteiger partial charge in [-0.15, -0.1) is 0 Å². The molecule has 3 rings (SSSR count). The molecule has 0 unspecified atom stereocenters. The number of fused-ring (bicyclic) bond motifs is 1. The highest BCUT2D eigenvalue weighted by molar-refractivity contribution is 7.71. The zero-order valence-corrected chi connectivity index (χ0v) is 11.8. The first-order chi connectivity index (χ1) is 9.74. The van der Waals surface area contributed by atoms with E-state index in [9.17, 15) is 4.39 Å². The minimum atomic E-state index is -0.233. The first-order valence-corrected chi connectivity index (χ1v) is 7.07. The standard InChI is InChI=1S/C16H15FN2S/c17-13-8-9-14-15(11-13)19(16(20)18-14)10-4-7-12-5-2-1-3-6-12/h1-3,5-6,8-9,11H,4,7,10H2,(H,18,20). The van der Waals surface area contributed by atoms with Gasteiger partial charge in [-0.3, -0.25) is 0 Å². The Bertz CT molecular complexity index is 774. The molecule has 1 heterocycles. The highest BCUT2D eigenvalue weighted by atomic mass is 32.1. The normalized spacial score (nSPS) is 11.1. The number of nitrogens with one attached hydrogen (secondary N) is 1. The third-order valence-electron chi connectivity index (χ3n) is 3.43. The molecular weight excluding hydrogens is 271 g/mol. The summed E-state index contributed by atoms with van der Waals surface area (Å²) in [5.41, 5.74) is 3.03. The van der Waals surface area contributed by atoms with E-state index >= 15 is 0 Å². The maximum absolute atomic E-state index is 13.4. The maximum Gasteiger partial charge on any atom is 0.178 e. The van der Waals surface area contributed by atoms with Crippen LogP contribution in [0, 0.1) is 10.6 Å². The van der Waals surface area contributed by atoms with Crippen LogP contribution in [-0.2, 0) is 13.0 Å². The number of H-pyrrole nitrogens is 1. The summed E-state index contributed by atoms with van der Waals surface area (Å²) in [6.45, 7) is 0.789. The van der Waals surface area contributed by atoms with Gasteiger partial charge in [0.05, 0.1) is 11.0 Å². The summed E-state index contributed by atoms with van der Waals surface area (Å²) in [6.07, 6.45) is 1.96. The van der Waals surface area contributed by atoms with Crippen molar-refractivity contribution in [3.63, 3.8) is 0 Å². The van der Waals surface area contributed by atoms with Crippen LogP contribution in [0.2, 0.25) is 0 Å². The third-order valence-corrected chi connectivity index (χ3v) is 3.75. The van der Waals surface area contributed by atoms with Gasteiger partial charge in [-0.25, -0.2) is 4.39 Å². The van der Waals surface area contributed by atoms with E-state index < -0.39 is 0 Å². The van der Waals surface area contributed by atoms with Gasteiger partial charge >= 0.3 is 0 Å². The number of nitrogens with zero attached hydrogens (tertiary/aromatic N) is 1. The average Bonchev–Trinajstić information content (AvgIpc) is 2.76. The molecule has 1 N–H and O–H groups in total. The molecule has 4 heteroatoms. The van der Waals surface area contributed by atoms with Crippen molar-refractivity contribution in [1.29, 1.82) is 0 Å². The molecule has 20 heavy (non-hydrogen) atoms. The topological polar surface area (TPSA) is 20.7 Å². The largest absolute Gasteiger partial charge is 0.331 e. The lowest BCUT2D eigenvalue weighted by atomic mass is 10.1. The summed E-state index contributed by atoms with van der Waals surface area (Å²) < 4.78 is 16.0. The molecule has 0 aliphatic heterocycles. The van der Waals surface area contributed by atoms with Crippen molar-refractivity contribution in [2.24, 2.45) is 0 Å². The summed E-state index contributed by atoms with van der Waals surface area (Å²) in [7, 11) is 0. The lowest BCUT2D eigenvalue weighted by Crippen LogP contribution is -2.00. The third kappa shape index (κ3) is 2.65. The number of rotatable bonds is 4. The second kappa shape index (κ2) is 5.59. The molecule has 0 atom stereocenters. The van der Waals surface area contributed by atoms with E-state index in [1.807, 2.05) is 22.8 Å². The Kier molecular flexibility index (Phi) is 3.65. The van der Waals surface area contributed by atoms with Gasteiger partial charge in [-0.2, -0.15) is 0 Å². The van der Waals surface area contributed by atoms with Crippen LogP contribution in [0.15, 0.2) is 48.5 Å². The van der Waals surface area contributed by atoms with Crippen LogP contribution in [0.1, 0.15) is 12.0 Å². The van der Waals surface area contributed by atoms with Crippen molar-refractivity contribution in [1.82, 2.24) is 9.55 Å². The van der Waals surface area contributed by atoms with Crippen LogP contribution in [0.4, 0.5) is 4.39 Å². The smallest absolute Gasteiger partial charge is 0.178 e. The second-order valence-corrected chi connectivity index (χ2v) is 5.22. The molecule has 0 aliphatic carbocycles. The van der Waals surface area contributed by atoms with Crippen molar-refractivity contribution in [2.45, 2.75) is 19.4 Å². The van der Waals surface area contributed by atoms with Gasteiger partial charge in [0.25, 0.3) is 0 Å². The van der Waals surface area contributed by atoms with Gasteiger partial charge in [-0.05, 0) is 48.8 Å². The minimum Gasteiger partial charge on any atom is -0.331 e. The Labute approximate surface area is 121 Å². The summed E-state index contributed by atoms with van der Waals surface area (Å²) >= 11 is 5.31. The monoisotopic (exact) mass is 286 g/mol. The van der Waals surface area contributed by atoms with Crippen molar-refractivity contribution in [2.75, 3.05) is 0 Å². The molecule has 2 aromatic carbocycles. The molecular formula is C16H15FN2S. The number of aromatic amines is 1. The SMILES string of the molecule is Fc1ccc2[nH]c(=S)n(CCCc3ccccc3)c2c1. The van der Waals surface area contributed by atoms with E-state index in [0.717, 1.165) is 30.4 Å². The second-order valence-electron chi connectivity index (χ2n) is 4.83. The highest BCUT2D eigenvalue weighted by Crippen LogP contribution is 2.16. The molecule has 0 bridgehead atoms. The Balaban J connectivity index is 1.79. The fraction of sp³-hybridized carbons (Fsp3) is 0.188. The average molecular weight is 286 g/mol. The summed E-state index contributed by atoms with van der Waals surface area (Å²) in [5.74, 6) is -0.233. The number of benzene rings is 2. The molecule has 0 radical (unpaired) electrons. The Morgan fingerprint density at radius 3 is 2.70 bits per heavy atom. The number of aryl methyl sites for hydroxylation is 2. The molecule has 0 saturated carbocycles. The van der Waals surface area contributed by atoms with Crippen molar-refractivity contribution in [3.8, 4) is 0 Å². The molecule has 1 aromatic heterocycles. The summed E-state index contributed by atoms with van der Waals surface area (Å²) in [4.78, 5) is 3.11. The van der Waals surface area contributed by atoms with Crippen molar-refractivity contribution < 1.29 is 4.39 Å². The summed E-state index contributed by atoms with van der Waals surface area (Å²) in [6, 6.07) is 15.1. The quantitative estimate of drug-likeness (QED) is 0.702. The fourth-order valence-corrected chi connectivity index (χ4v) is 2.73. The predicted octanol–water partition coefficient (Wildman–Crippen LogP) is 4.47. The van der Waals surface area contributed by atoms with E-state index in [4.69, 9.17) is 12.2 Å². The molecule has 2 nitrogen and oxygen atoms in total.